The van der Waals surface area contributed by atoms with Crippen LogP contribution < -0.4 is 10.6 Å². The van der Waals surface area contributed by atoms with Gasteiger partial charge in [-0.05, 0) is 74.3 Å². The first-order valence-corrected chi connectivity index (χ1v) is 12.2. The summed E-state index contributed by atoms with van der Waals surface area (Å²) in [5.41, 5.74) is 3.33. The van der Waals surface area contributed by atoms with E-state index in [1.54, 1.807) is 6.20 Å². The van der Waals surface area contributed by atoms with Gasteiger partial charge in [0.05, 0.1) is 11.3 Å². The molecule has 4 rings (SSSR count). The Hall–Kier alpha value is -2.97. The lowest BCUT2D eigenvalue weighted by atomic mass is 10.0. The predicted octanol–water partition coefficient (Wildman–Crippen LogP) is 5.39. The molecule has 8 heteroatoms. The molecule has 1 aliphatic rings. The van der Waals surface area contributed by atoms with Gasteiger partial charge in [-0.25, -0.2) is 9.97 Å². The average Bonchev–Trinajstić information content (AvgIpc) is 2.88. The zero-order valence-electron chi connectivity index (χ0n) is 20.0. The highest BCUT2D eigenvalue weighted by Crippen LogP contribution is 2.29. The Kier molecular flexibility index (Phi) is 8.36. The zero-order valence-corrected chi connectivity index (χ0v) is 20.0. The Morgan fingerprint density at radius 1 is 1.03 bits per heavy atom. The van der Waals surface area contributed by atoms with Crippen LogP contribution in [0.4, 0.5) is 19.1 Å². The van der Waals surface area contributed by atoms with Gasteiger partial charge in [0, 0.05) is 30.9 Å². The van der Waals surface area contributed by atoms with Crippen molar-refractivity contribution < 1.29 is 13.2 Å². The summed E-state index contributed by atoms with van der Waals surface area (Å²) in [7, 11) is 0. The van der Waals surface area contributed by atoms with Crippen LogP contribution in [0.5, 0.6) is 0 Å². The highest BCUT2D eigenvalue weighted by Gasteiger charge is 2.29. The maximum Gasteiger partial charge on any atom is 0.416 e. The quantitative estimate of drug-likeness (QED) is 0.427. The zero-order chi connectivity index (χ0) is 24.7. The summed E-state index contributed by atoms with van der Waals surface area (Å²) in [6, 6.07) is 16.2. The summed E-state index contributed by atoms with van der Waals surface area (Å²) in [4.78, 5) is 11.5. The third-order valence-corrected chi connectivity index (χ3v) is 6.47. The van der Waals surface area contributed by atoms with Crippen LogP contribution in [-0.2, 0) is 19.1 Å². The Labute approximate surface area is 204 Å². The van der Waals surface area contributed by atoms with E-state index in [2.05, 4.69) is 56.7 Å². The number of aromatic nitrogens is 2. The highest BCUT2D eigenvalue weighted by molar-refractivity contribution is 5.61. The first kappa shape index (κ1) is 25.1. The molecule has 0 aliphatic carbocycles. The number of hydrogen-bond acceptors (Lipinski definition) is 5. The van der Waals surface area contributed by atoms with E-state index in [4.69, 9.17) is 0 Å². The second kappa shape index (κ2) is 11.6. The van der Waals surface area contributed by atoms with E-state index < -0.39 is 11.7 Å². The lowest BCUT2D eigenvalue weighted by molar-refractivity contribution is -0.137. The molecule has 35 heavy (non-hydrogen) atoms. The second-order valence-corrected chi connectivity index (χ2v) is 8.88. The van der Waals surface area contributed by atoms with Crippen molar-refractivity contribution in [1.82, 2.24) is 20.2 Å². The molecule has 0 atom stereocenters. The first-order valence-electron chi connectivity index (χ1n) is 12.2. The number of piperidine rings is 1. The minimum atomic E-state index is -4.31. The van der Waals surface area contributed by atoms with Crippen molar-refractivity contribution in [2.75, 3.05) is 31.5 Å². The van der Waals surface area contributed by atoms with E-state index in [0.29, 0.717) is 25.0 Å². The van der Waals surface area contributed by atoms with Gasteiger partial charge in [0.1, 0.15) is 0 Å². The van der Waals surface area contributed by atoms with Gasteiger partial charge in [0.15, 0.2) is 0 Å². The molecule has 2 heterocycles. The summed E-state index contributed by atoms with van der Waals surface area (Å²) >= 11 is 0. The van der Waals surface area contributed by atoms with Gasteiger partial charge in [-0.15, -0.1) is 0 Å². The number of rotatable bonds is 9. The highest BCUT2D eigenvalue weighted by atomic mass is 19.4. The minimum Gasteiger partial charge on any atom is -0.354 e. The third kappa shape index (κ3) is 7.02. The summed E-state index contributed by atoms with van der Waals surface area (Å²) < 4.78 is 38.2. The molecular formula is C27H32F3N5. The monoisotopic (exact) mass is 483 g/mol. The molecule has 0 saturated carbocycles. The molecule has 2 N–H and O–H groups in total. The van der Waals surface area contributed by atoms with Crippen molar-refractivity contribution in [3.05, 3.63) is 77.5 Å². The van der Waals surface area contributed by atoms with Crippen LogP contribution in [0.15, 0.2) is 60.8 Å². The lowest BCUT2D eigenvalue weighted by Gasteiger charge is -2.34. The van der Waals surface area contributed by atoms with Crippen LogP contribution in [0.3, 0.4) is 0 Å². The molecule has 0 amide bonds. The Morgan fingerprint density at radius 3 is 2.51 bits per heavy atom. The number of alkyl halides is 3. The topological polar surface area (TPSA) is 53.1 Å². The molecule has 0 spiro atoms. The van der Waals surface area contributed by atoms with Crippen LogP contribution in [0.2, 0.25) is 0 Å². The maximum absolute atomic E-state index is 12.7. The minimum absolute atomic E-state index is 0.504. The summed E-state index contributed by atoms with van der Waals surface area (Å²) in [6.07, 6.45) is 0.347. The average molecular weight is 484 g/mol. The van der Waals surface area contributed by atoms with E-state index in [1.165, 1.54) is 30.5 Å². The van der Waals surface area contributed by atoms with Gasteiger partial charge in [0.2, 0.25) is 5.95 Å². The molecular weight excluding hydrogens is 451 g/mol. The largest absolute Gasteiger partial charge is 0.416 e. The fourth-order valence-electron chi connectivity index (χ4n) is 4.52. The maximum atomic E-state index is 12.7. The number of anilines is 1. The van der Waals surface area contributed by atoms with Crippen molar-refractivity contribution >= 4 is 5.95 Å². The molecule has 5 nitrogen and oxygen atoms in total. The molecule has 0 radical (unpaired) electrons. The Bertz CT molecular complexity index is 1080. The molecule has 1 saturated heterocycles. The molecule has 0 unspecified atom stereocenters. The Morgan fingerprint density at radius 2 is 1.80 bits per heavy atom. The normalized spacial score (nSPS) is 14.9. The number of hydrogen-bond donors (Lipinski definition) is 2. The summed E-state index contributed by atoms with van der Waals surface area (Å²) in [6.45, 7) is 6.84. The molecule has 3 aromatic rings. The summed E-state index contributed by atoms with van der Waals surface area (Å²) in [5.74, 6) is 0.504. The van der Waals surface area contributed by atoms with E-state index in [9.17, 15) is 13.2 Å². The number of nitrogens with one attached hydrogen (secondary N) is 2. The fraction of sp³-hybridized carbons (Fsp3) is 0.407. The second-order valence-electron chi connectivity index (χ2n) is 8.88. The third-order valence-electron chi connectivity index (χ3n) is 6.47. The lowest BCUT2D eigenvalue weighted by Crippen LogP contribution is -2.42. The number of benzene rings is 2. The van der Waals surface area contributed by atoms with Gasteiger partial charge in [-0.1, -0.05) is 37.3 Å². The van der Waals surface area contributed by atoms with Crippen LogP contribution in [-0.4, -0.2) is 47.1 Å². The van der Waals surface area contributed by atoms with Crippen LogP contribution in [0.1, 0.15) is 36.5 Å². The first-order chi connectivity index (χ1) is 16.9. The van der Waals surface area contributed by atoms with Crippen molar-refractivity contribution in [2.24, 2.45) is 0 Å². The van der Waals surface area contributed by atoms with Crippen molar-refractivity contribution in [3.8, 4) is 11.3 Å². The van der Waals surface area contributed by atoms with Gasteiger partial charge in [-0.2, -0.15) is 13.2 Å². The molecule has 186 valence electrons. The smallest absolute Gasteiger partial charge is 0.354 e. The van der Waals surface area contributed by atoms with Crippen LogP contribution in [0, 0.1) is 0 Å². The van der Waals surface area contributed by atoms with Crippen molar-refractivity contribution in [1.29, 1.82) is 0 Å². The predicted molar refractivity (Wildman–Crippen MR) is 133 cm³/mol. The standard InChI is InChI=1S/C27H32F3N5/c1-2-35(24-11-14-31-15-12-24)19-21-4-3-5-22(18-21)25-13-17-33-26(34-25)32-16-10-20-6-8-23(9-7-20)27(28,29)30/h3-9,13,17-18,24,31H,2,10-12,14-16,19H2,1H3,(H,32,33,34). The van der Waals surface area contributed by atoms with Crippen LogP contribution in [0.25, 0.3) is 11.3 Å². The SMILES string of the molecule is CCN(Cc1cccc(-c2ccnc(NCCc3ccc(C(F)(F)F)cc3)n2)c1)C1CCNCC1. The van der Waals surface area contributed by atoms with E-state index >= 15 is 0 Å². The molecule has 1 aliphatic heterocycles. The van der Waals surface area contributed by atoms with E-state index in [-0.39, 0.29) is 0 Å². The van der Waals surface area contributed by atoms with E-state index in [1.807, 2.05) is 6.07 Å². The Balaban J connectivity index is 1.36. The van der Waals surface area contributed by atoms with E-state index in [0.717, 1.165) is 55.1 Å². The van der Waals surface area contributed by atoms with Crippen molar-refractivity contribution in [2.45, 2.75) is 44.9 Å². The van der Waals surface area contributed by atoms with Crippen molar-refractivity contribution in [3.63, 3.8) is 0 Å². The molecule has 2 aromatic carbocycles. The van der Waals surface area contributed by atoms with Gasteiger partial charge >= 0.3 is 6.18 Å². The molecule has 1 fully saturated rings. The summed E-state index contributed by atoms with van der Waals surface area (Å²) in [5, 5.41) is 6.63. The molecule has 1 aromatic heterocycles. The fourth-order valence-corrected chi connectivity index (χ4v) is 4.52. The number of nitrogens with zero attached hydrogens (tertiary/aromatic N) is 3. The van der Waals surface area contributed by atoms with Gasteiger partial charge in [0.25, 0.3) is 0 Å². The van der Waals surface area contributed by atoms with Crippen LogP contribution >= 0.6 is 0 Å². The molecule has 0 bridgehead atoms. The number of halogens is 3. The van der Waals surface area contributed by atoms with Gasteiger partial charge in [-0.3, -0.25) is 4.90 Å². The van der Waals surface area contributed by atoms with Gasteiger partial charge < -0.3 is 10.6 Å².